The zero-order valence-electron chi connectivity index (χ0n) is 9.32. The van der Waals surface area contributed by atoms with Crippen molar-refractivity contribution >= 4 is 11.0 Å². The summed E-state index contributed by atoms with van der Waals surface area (Å²) < 4.78 is 13.8. The molecule has 2 aliphatic rings. The van der Waals surface area contributed by atoms with Crippen molar-refractivity contribution in [1.82, 2.24) is 9.21 Å². The zero-order chi connectivity index (χ0) is 10.3. The first-order valence-electron chi connectivity index (χ1n) is 5.38. The molecule has 2 atom stereocenters. The van der Waals surface area contributed by atoms with E-state index in [-0.39, 0.29) is 5.54 Å². The van der Waals surface area contributed by atoms with Crippen molar-refractivity contribution in [2.75, 3.05) is 25.4 Å². The molecule has 14 heavy (non-hydrogen) atoms. The van der Waals surface area contributed by atoms with Crippen molar-refractivity contribution in [3.63, 3.8) is 0 Å². The molecule has 2 saturated heterocycles. The molecule has 2 heterocycles. The first-order valence-corrected chi connectivity index (χ1v) is 6.66. The first-order chi connectivity index (χ1) is 6.48. The van der Waals surface area contributed by atoms with Gasteiger partial charge in [-0.2, -0.15) is 0 Å². The number of fused-ring (bicyclic) bond motifs is 1. The van der Waals surface area contributed by atoms with Gasteiger partial charge in [0.05, 0.1) is 11.0 Å². The Bertz CT molecular complexity index is 249. The number of rotatable bonds is 0. The lowest BCUT2D eigenvalue weighted by Gasteiger charge is -2.43. The normalized spacial score (nSPS) is 35.9. The Morgan fingerprint density at radius 3 is 2.64 bits per heavy atom. The average Bonchev–Trinajstić information content (AvgIpc) is 2.46. The van der Waals surface area contributed by atoms with Crippen molar-refractivity contribution in [3.8, 4) is 0 Å². The van der Waals surface area contributed by atoms with E-state index >= 15 is 0 Å². The minimum atomic E-state index is -0.674. The van der Waals surface area contributed by atoms with E-state index in [4.69, 9.17) is 0 Å². The molecule has 0 bridgehead atoms. The maximum Gasteiger partial charge on any atom is 0.0946 e. The Labute approximate surface area is 89.0 Å². The van der Waals surface area contributed by atoms with Crippen molar-refractivity contribution in [2.45, 2.75) is 38.8 Å². The highest BCUT2D eigenvalue weighted by molar-refractivity contribution is 7.82. The summed E-state index contributed by atoms with van der Waals surface area (Å²) in [6.45, 7) is 9.91. The lowest BCUT2D eigenvalue weighted by Crippen LogP contribution is -2.56. The molecule has 2 rings (SSSR count). The highest BCUT2D eigenvalue weighted by Crippen LogP contribution is 2.26. The van der Waals surface area contributed by atoms with Crippen molar-refractivity contribution < 1.29 is 4.21 Å². The van der Waals surface area contributed by atoms with Crippen LogP contribution in [0, 0.1) is 0 Å². The van der Waals surface area contributed by atoms with E-state index in [1.165, 1.54) is 0 Å². The molecule has 0 aromatic rings. The van der Waals surface area contributed by atoms with Crippen LogP contribution < -0.4 is 0 Å². The standard InChI is InChI=1S/C10H20N2OS/c1-10(2,3)11-5-6-12-9(8-11)4-7-14(12)13/h9H,4-8H2,1-3H3/t9-,14?/m1/s1. The summed E-state index contributed by atoms with van der Waals surface area (Å²) in [5.74, 6) is 0.878. The minimum absolute atomic E-state index is 0.260. The van der Waals surface area contributed by atoms with Crippen molar-refractivity contribution in [3.05, 3.63) is 0 Å². The van der Waals surface area contributed by atoms with Gasteiger partial charge in [0.25, 0.3) is 0 Å². The van der Waals surface area contributed by atoms with Crippen LogP contribution in [0.4, 0.5) is 0 Å². The smallest absolute Gasteiger partial charge is 0.0946 e. The Morgan fingerprint density at radius 1 is 1.29 bits per heavy atom. The van der Waals surface area contributed by atoms with Gasteiger partial charge in [0.2, 0.25) is 0 Å². The van der Waals surface area contributed by atoms with Crippen LogP contribution in [0.5, 0.6) is 0 Å². The maximum atomic E-state index is 11.6. The molecule has 0 N–H and O–H groups in total. The van der Waals surface area contributed by atoms with Crippen LogP contribution in [0.15, 0.2) is 0 Å². The van der Waals surface area contributed by atoms with E-state index in [2.05, 4.69) is 30.0 Å². The molecule has 0 aromatic heterocycles. The van der Waals surface area contributed by atoms with E-state index < -0.39 is 11.0 Å². The molecule has 82 valence electrons. The van der Waals surface area contributed by atoms with E-state index in [0.29, 0.717) is 6.04 Å². The molecule has 0 spiro atoms. The third-order valence-electron chi connectivity index (χ3n) is 3.26. The summed E-state index contributed by atoms with van der Waals surface area (Å²) in [6.07, 6.45) is 1.11. The summed E-state index contributed by atoms with van der Waals surface area (Å²) >= 11 is 0. The quantitative estimate of drug-likeness (QED) is 0.599. The fraction of sp³-hybridized carbons (Fsp3) is 1.00. The lowest BCUT2D eigenvalue weighted by molar-refractivity contribution is 0.0660. The van der Waals surface area contributed by atoms with Gasteiger partial charge < -0.3 is 0 Å². The lowest BCUT2D eigenvalue weighted by atomic mass is 10.0. The van der Waals surface area contributed by atoms with Gasteiger partial charge in [-0.25, -0.2) is 8.51 Å². The maximum absolute atomic E-state index is 11.6. The molecule has 1 unspecified atom stereocenters. The van der Waals surface area contributed by atoms with Crippen LogP contribution in [0.1, 0.15) is 27.2 Å². The molecular weight excluding hydrogens is 196 g/mol. The van der Waals surface area contributed by atoms with Gasteiger partial charge in [-0.3, -0.25) is 4.90 Å². The van der Waals surface area contributed by atoms with Crippen LogP contribution >= 0.6 is 0 Å². The summed E-state index contributed by atoms with van der Waals surface area (Å²) in [6, 6.07) is 0.545. The number of nitrogens with zero attached hydrogens (tertiary/aromatic N) is 2. The largest absolute Gasteiger partial charge is 0.296 e. The van der Waals surface area contributed by atoms with Gasteiger partial charge >= 0.3 is 0 Å². The Morgan fingerprint density at radius 2 is 2.00 bits per heavy atom. The molecule has 2 aliphatic heterocycles. The van der Waals surface area contributed by atoms with Crippen LogP contribution in [-0.4, -0.2) is 50.4 Å². The summed E-state index contributed by atoms with van der Waals surface area (Å²) in [4.78, 5) is 2.51. The molecule has 0 aromatic carbocycles. The highest BCUT2D eigenvalue weighted by Gasteiger charge is 2.38. The van der Waals surface area contributed by atoms with Crippen LogP contribution in [0.25, 0.3) is 0 Å². The third kappa shape index (κ3) is 1.88. The van der Waals surface area contributed by atoms with Crippen LogP contribution in [-0.2, 0) is 11.0 Å². The van der Waals surface area contributed by atoms with Crippen molar-refractivity contribution in [2.24, 2.45) is 0 Å². The Hall–Kier alpha value is 0.0700. The van der Waals surface area contributed by atoms with Gasteiger partial charge in [-0.05, 0) is 27.2 Å². The number of piperazine rings is 1. The molecule has 4 heteroatoms. The van der Waals surface area contributed by atoms with Crippen LogP contribution in [0.3, 0.4) is 0 Å². The van der Waals surface area contributed by atoms with Gasteiger partial charge in [0.15, 0.2) is 0 Å². The molecule has 0 aliphatic carbocycles. The number of hydrogen-bond acceptors (Lipinski definition) is 2. The van der Waals surface area contributed by atoms with Gasteiger partial charge in [-0.15, -0.1) is 0 Å². The summed E-state index contributed by atoms with van der Waals surface area (Å²) in [7, 11) is -0.674. The monoisotopic (exact) mass is 216 g/mol. The minimum Gasteiger partial charge on any atom is -0.296 e. The SMILES string of the molecule is CC(C)(C)N1CCN2[C@H](CCS2=O)C1. The van der Waals surface area contributed by atoms with Gasteiger partial charge in [-0.1, -0.05) is 0 Å². The third-order valence-corrected chi connectivity index (χ3v) is 4.85. The molecule has 3 nitrogen and oxygen atoms in total. The van der Waals surface area contributed by atoms with Gasteiger partial charge in [0.1, 0.15) is 0 Å². The highest BCUT2D eigenvalue weighted by atomic mass is 32.2. The Kier molecular flexibility index (Phi) is 2.70. The number of hydrogen-bond donors (Lipinski definition) is 0. The fourth-order valence-electron chi connectivity index (χ4n) is 2.31. The zero-order valence-corrected chi connectivity index (χ0v) is 10.1. The molecule has 0 amide bonds. The second kappa shape index (κ2) is 3.58. The molecule has 2 fully saturated rings. The van der Waals surface area contributed by atoms with Crippen molar-refractivity contribution in [1.29, 1.82) is 0 Å². The topological polar surface area (TPSA) is 23.6 Å². The molecule has 0 radical (unpaired) electrons. The molecule has 0 saturated carbocycles. The predicted octanol–water partition coefficient (Wildman–Crippen LogP) is 0.839. The van der Waals surface area contributed by atoms with E-state index in [1.807, 2.05) is 0 Å². The fourth-order valence-corrected chi connectivity index (χ4v) is 3.80. The van der Waals surface area contributed by atoms with E-state index in [0.717, 1.165) is 31.8 Å². The summed E-state index contributed by atoms with van der Waals surface area (Å²) in [5, 5.41) is 0. The average molecular weight is 216 g/mol. The first kappa shape index (κ1) is 10.6. The predicted molar refractivity (Wildman–Crippen MR) is 59.4 cm³/mol. The molecular formula is C10H20N2OS. The Balaban J connectivity index is 2.03. The summed E-state index contributed by atoms with van der Waals surface area (Å²) in [5.41, 5.74) is 0.260. The van der Waals surface area contributed by atoms with E-state index in [1.54, 1.807) is 0 Å². The van der Waals surface area contributed by atoms with Crippen LogP contribution in [0.2, 0.25) is 0 Å². The van der Waals surface area contributed by atoms with Gasteiger partial charge in [0, 0.05) is 37.0 Å². The second-order valence-electron chi connectivity index (χ2n) is 5.23. The van der Waals surface area contributed by atoms with E-state index in [9.17, 15) is 4.21 Å². The second-order valence-corrected chi connectivity index (χ2v) is 6.75.